The summed E-state index contributed by atoms with van der Waals surface area (Å²) in [7, 11) is 3.27. The maximum absolute atomic E-state index is 14.0. The fraction of sp³-hybridized carbons (Fsp3) is 0.459. The lowest BCUT2D eigenvalue weighted by molar-refractivity contribution is -0.137. The number of carbonyl (C=O) groups is 2. The number of fused-ring (bicyclic) bond motifs is 2. The molecular weight excluding hydrogens is 610 g/mol. The molecule has 2 aliphatic rings. The Balaban J connectivity index is 1.36. The van der Waals surface area contributed by atoms with Gasteiger partial charge in [0.25, 0.3) is 5.56 Å². The molecule has 11 nitrogen and oxygen atoms in total. The van der Waals surface area contributed by atoms with Crippen LogP contribution in [0.1, 0.15) is 49.1 Å². The Morgan fingerprint density at radius 2 is 1.77 bits per heavy atom. The lowest BCUT2D eigenvalue weighted by Crippen LogP contribution is -2.49. The summed E-state index contributed by atoms with van der Waals surface area (Å²) in [6.45, 7) is 9.17. The molecule has 4 heterocycles. The molecule has 0 N–H and O–H groups in total. The van der Waals surface area contributed by atoms with E-state index in [1.54, 1.807) is 56.1 Å². The van der Waals surface area contributed by atoms with Crippen LogP contribution in [0.3, 0.4) is 0 Å². The molecule has 1 aliphatic carbocycles. The highest BCUT2D eigenvalue weighted by atomic mass is 16.5. The van der Waals surface area contributed by atoms with Gasteiger partial charge in [0.15, 0.2) is 0 Å². The minimum Gasteiger partial charge on any atom is -0.464 e. The quantitative estimate of drug-likeness (QED) is 0.176. The van der Waals surface area contributed by atoms with Crippen molar-refractivity contribution < 1.29 is 23.5 Å². The van der Waals surface area contributed by atoms with Gasteiger partial charge >= 0.3 is 0 Å². The topological polar surface area (TPSA) is 110 Å². The van der Waals surface area contributed by atoms with Crippen molar-refractivity contribution in [1.29, 1.82) is 0 Å². The first-order valence-corrected chi connectivity index (χ1v) is 16.6. The Bertz CT molecular complexity index is 1860. The van der Waals surface area contributed by atoms with Crippen LogP contribution in [0, 0.1) is 18.3 Å². The molecule has 1 fully saturated rings. The van der Waals surface area contributed by atoms with Crippen molar-refractivity contribution in [3.8, 4) is 0 Å². The lowest BCUT2D eigenvalue weighted by Gasteiger charge is -2.28. The Morgan fingerprint density at radius 3 is 2.52 bits per heavy atom. The minimum atomic E-state index is -1.21. The molecule has 0 saturated heterocycles. The van der Waals surface area contributed by atoms with Gasteiger partial charge in [-0.15, -0.1) is 0 Å². The van der Waals surface area contributed by atoms with Gasteiger partial charge in [0, 0.05) is 71.4 Å². The first-order valence-electron chi connectivity index (χ1n) is 16.6. The van der Waals surface area contributed by atoms with E-state index in [9.17, 15) is 14.4 Å². The third-order valence-corrected chi connectivity index (χ3v) is 9.42. The fourth-order valence-corrected chi connectivity index (χ4v) is 6.54. The molecule has 0 bridgehead atoms. The van der Waals surface area contributed by atoms with Crippen LogP contribution < -0.4 is 15.4 Å². The molecule has 6 rings (SSSR count). The van der Waals surface area contributed by atoms with Crippen LogP contribution in [0.15, 0.2) is 64.3 Å². The molecule has 1 saturated carbocycles. The van der Waals surface area contributed by atoms with E-state index in [1.807, 2.05) is 48.4 Å². The number of pyridine rings is 2. The second kappa shape index (κ2) is 14.0. The first-order chi connectivity index (χ1) is 23.1. The fourth-order valence-electron chi connectivity index (χ4n) is 6.54. The van der Waals surface area contributed by atoms with Crippen molar-refractivity contribution in [2.45, 2.75) is 59.9 Å². The number of aromatic nitrogens is 2. The van der Waals surface area contributed by atoms with Gasteiger partial charge in [0.1, 0.15) is 11.0 Å². The Labute approximate surface area is 281 Å². The Kier molecular flexibility index (Phi) is 9.82. The van der Waals surface area contributed by atoms with Crippen LogP contribution in [-0.2, 0) is 45.3 Å². The van der Waals surface area contributed by atoms with Crippen LogP contribution >= 0.6 is 0 Å². The SMILES string of the molecule is COCCN1C(=O)C(C)(C)C(=O)N(CC2CC2)c2ccc(CN(CCn3cc(C)c4occc4c3=O)Cc3cccnc3COC)cc21. The van der Waals surface area contributed by atoms with Crippen molar-refractivity contribution in [3.05, 3.63) is 87.8 Å². The molecule has 48 heavy (non-hydrogen) atoms. The number of rotatable bonds is 14. The number of benzene rings is 1. The number of furan rings is 1. The summed E-state index contributed by atoms with van der Waals surface area (Å²) in [5.41, 5.74) is 4.54. The zero-order valence-corrected chi connectivity index (χ0v) is 28.5. The normalized spacial score (nSPS) is 16.2. The van der Waals surface area contributed by atoms with Crippen molar-refractivity contribution >= 4 is 34.2 Å². The third kappa shape index (κ3) is 6.80. The molecule has 0 unspecified atom stereocenters. The molecular formula is C37H45N5O6. The average Bonchev–Trinajstić information content (AvgIpc) is 3.76. The molecule has 1 aliphatic heterocycles. The summed E-state index contributed by atoms with van der Waals surface area (Å²) < 4.78 is 18.1. The van der Waals surface area contributed by atoms with Gasteiger partial charge in [-0.3, -0.25) is 24.3 Å². The minimum absolute atomic E-state index is 0.0916. The molecule has 2 amide bonds. The molecule has 0 radical (unpaired) electrons. The molecule has 0 spiro atoms. The second-order valence-electron chi connectivity index (χ2n) is 13.5. The van der Waals surface area contributed by atoms with Gasteiger partial charge in [-0.2, -0.15) is 0 Å². The largest absolute Gasteiger partial charge is 0.464 e. The summed E-state index contributed by atoms with van der Waals surface area (Å²) >= 11 is 0. The number of methoxy groups -OCH3 is 2. The van der Waals surface area contributed by atoms with Crippen LogP contribution in [0.2, 0.25) is 0 Å². The summed E-state index contributed by atoms with van der Waals surface area (Å²) in [5, 5.41) is 0.566. The highest BCUT2D eigenvalue weighted by Crippen LogP contribution is 2.42. The summed E-state index contributed by atoms with van der Waals surface area (Å²) in [5.74, 6) is 0.0389. The standard InChI is InChI=1S/C37H45N5O6/c1-25-20-40(34(43)29-12-17-48-33(25)29)15-14-39(23-28-7-6-13-38-30(28)24-47-5)21-27-10-11-31-32(19-27)41(16-18-46-4)35(44)37(2,3)36(45)42(31)22-26-8-9-26/h6-7,10-13,17,19-20,26H,8-9,14-16,18,21-24H2,1-5H3. The van der Waals surface area contributed by atoms with E-state index >= 15 is 0 Å². The maximum Gasteiger partial charge on any atom is 0.261 e. The molecule has 254 valence electrons. The summed E-state index contributed by atoms with van der Waals surface area (Å²) in [6.07, 6.45) is 7.34. The van der Waals surface area contributed by atoms with E-state index in [-0.39, 0.29) is 17.4 Å². The Morgan fingerprint density at radius 1 is 0.979 bits per heavy atom. The maximum atomic E-state index is 14.0. The zero-order valence-electron chi connectivity index (χ0n) is 28.5. The van der Waals surface area contributed by atoms with Crippen LogP contribution in [0.5, 0.6) is 0 Å². The number of aryl methyl sites for hydroxylation is 1. The summed E-state index contributed by atoms with van der Waals surface area (Å²) in [4.78, 5) is 51.6. The van der Waals surface area contributed by atoms with E-state index in [0.717, 1.165) is 40.9 Å². The highest BCUT2D eigenvalue weighted by Gasteiger charge is 2.47. The monoisotopic (exact) mass is 655 g/mol. The van der Waals surface area contributed by atoms with Gasteiger partial charge in [-0.25, -0.2) is 0 Å². The predicted molar refractivity (Wildman–Crippen MR) is 184 cm³/mol. The predicted octanol–water partition coefficient (Wildman–Crippen LogP) is 4.91. The Hall–Kier alpha value is -4.32. The van der Waals surface area contributed by atoms with Crippen LogP contribution in [-0.4, -0.2) is 66.7 Å². The van der Waals surface area contributed by atoms with Crippen molar-refractivity contribution in [2.75, 3.05) is 50.3 Å². The zero-order chi connectivity index (χ0) is 34.0. The van der Waals surface area contributed by atoms with Crippen molar-refractivity contribution in [2.24, 2.45) is 11.3 Å². The molecule has 11 heteroatoms. The lowest BCUT2D eigenvalue weighted by atomic mass is 9.90. The molecule has 1 aromatic carbocycles. The highest BCUT2D eigenvalue weighted by molar-refractivity contribution is 6.20. The number of hydrogen-bond donors (Lipinski definition) is 0. The third-order valence-electron chi connectivity index (χ3n) is 9.42. The van der Waals surface area contributed by atoms with Crippen molar-refractivity contribution in [3.63, 3.8) is 0 Å². The first kappa shape index (κ1) is 33.6. The number of anilines is 2. The van der Waals surface area contributed by atoms with E-state index in [4.69, 9.17) is 13.9 Å². The number of carbonyl (C=O) groups excluding carboxylic acids is 2. The van der Waals surface area contributed by atoms with Gasteiger partial charge < -0.3 is 28.3 Å². The van der Waals surface area contributed by atoms with Gasteiger partial charge in [-0.05, 0) is 74.9 Å². The van der Waals surface area contributed by atoms with E-state index < -0.39 is 5.41 Å². The van der Waals surface area contributed by atoms with Crippen molar-refractivity contribution in [1.82, 2.24) is 14.5 Å². The number of nitrogens with zero attached hydrogens (tertiary/aromatic N) is 5. The van der Waals surface area contributed by atoms with Crippen LogP contribution in [0.25, 0.3) is 11.0 Å². The number of hydrogen-bond acceptors (Lipinski definition) is 8. The number of ether oxygens (including phenoxy) is 2. The molecule has 0 atom stereocenters. The van der Waals surface area contributed by atoms with Gasteiger partial charge in [0.2, 0.25) is 11.8 Å². The van der Waals surface area contributed by atoms with E-state index in [1.165, 1.54) is 0 Å². The second-order valence-corrected chi connectivity index (χ2v) is 13.5. The molecule has 4 aromatic rings. The van der Waals surface area contributed by atoms with Gasteiger partial charge in [-0.1, -0.05) is 12.1 Å². The van der Waals surface area contributed by atoms with Crippen LogP contribution in [0.4, 0.5) is 11.4 Å². The van der Waals surface area contributed by atoms with E-state index in [0.29, 0.717) is 75.1 Å². The summed E-state index contributed by atoms with van der Waals surface area (Å²) in [6, 6.07) is 11.8. The number of amides is 2. The molecule has 3 aromatic heterocycles. The smallest absolute Gasteiger partial charge is 0.261 e. The average molecular weight is 656 g/mol. The van der Waals surface area contributed by atoms with E-state index in [2.05, 4.69) is 9.88 Å². The van der Waals surface area contributed by atoms with Gasteiger partial charge in [0.05, 0.1) is 41.9 Å².